The molecule has 137 valence electrons. The van der Waals surface area contributed by atoms with E-state index >= 15 is 0 Å². The van der Waals surface area contributed by atoms with Gasteiger partial charge in [0.05, 0.1) is 11.2 Å². The summed E-state index contributed by atoms with van der Waals surface area (Å²) in [4.78, 5) is 0. The molecule has 0 amide bonds. The van der Waals surface area contributed by atoms with E-state index in [1.165, 1.54) is 13.5 Å². The van der Waals surface area contributed by atoms with Gasteiger partial charge in [0.25, 0.3) is 0 Å². The number of rotatable bonds is 4. The minimum Gasteiger partial charge on any atom is -0.489 e. The molecule has 6 heteroatoms. The van der Waals surface area contributed by atoms with Gasteiger partial charge in [0, 0.05) is 17.1 Å². The fraction of sp³-hybridized carbons (Fsp3) is 0.0909. The molecule has 4 nitrogen and oxygen atoms in total. The molecule has 0 saturated carbocycles. The molecule has 0 spiro atoms. The predicted molar refractivity (Wildman–Crippen MR) is 105 cm³/mol. The Bertz CT molecular complexity index is 1160. The number of ether oxygens (including phenoxy) is 1. The molecule has 3 aromatic carbocycles. The predicted octanol–water partition coefficient (Wildman–Crippen LogP) is 3.61. The second kappa shape index (κ2) is 6.82. The Morgan fingerprint density at radius 3 is 2.79 bits per heavy atom. The summed E-state index contributed by atoms with van der Waals surface area (Å²) in [5.74, 6) is 0.340. The van der Waals surface area contributed by atoms with Crippen molar-refractivity contribution in [1.29, 1.82) is 0 Å². The summed E-state index contributed by atoms with van der Waals surface area (Å²) in [6.07, 6.45) is 0.715. The number of nitrogens with zero attached hydrogens (tertiary/aromatic N) is 1. The molecule has 0 fully saturated rings. The first-order chi connectivity index (χ1) is 13.7. The summed E-state index contributed by atoms with van der Waals surface area (Å²) in [5, 5.41) is 10.7. The van der Waals surface area contributed by atoms with Crippen molar-refractivity contribution >= 4 is 23.8 Å². The zero-order chi connectivity index (χ0) is 19.1. The molecular formula is C22H16BFNO3. The third-order valence-electron chi connectivity index (χ3n) is 4.91. The molecule has 4 aromatic rings. The van der Waals surface area contributed by atoms with Crippen LogP contribution in [-0.4, -0.2) is 17.2 Å². The van der Waals surface area contributed by atoms with Crippen molar-refractivity contribution in [1.82, 2.24) is 4.57 Å². The van der Waals surface area contributed by atoms with E-state index < -0.39 is 12.1 Å². The second-order valence-electron chi connectivity index (χ2n) is 6.72. The van der Waals surface area contributed by atoms with E-state index in [0.29, 0.717) is 23.3 Å². The summed E-state index contributed by atoms with van der Waals surface area (Å²) in [6.45, 7) is 0.491. The second-order valence-corrected chi connectivity index (χ2v) is 6.72. The van der Waals surface area contributed by atoms with Gasteiger partial charge in [-0.05, 0) is 47.4 Å². The largest absolute Gasteiger partial charge is 0.489 e. The van der Waals surface area contributed by atoms with Gasteiger partial charge in [-0.3, -0.25) is 0 Å². The van der Waals surface area contributed by atoms with Gasteiger partial charge < -0.3 is 19.1 Å². The maximum absolute atomic E-state index is 14.7. The van der Waals surface area contributed by atoms with Gasteiger partial charge in [-0.15, -0.1) is 0 Å². The van der Waals surface area contributed by atoms with Gasteiger partial charge in [0.2, 0.25) is 0 Å². The smallest absolute Gasteiger partial charge is 0.334 e. The zero-order valence-corrected chi connectivity index (χ0v) is 14.9. The van der Waals surface area contributed by atoms with Crippen LogP contribution in [0.4, 0.5) is 4.39 Å². The van der Waals surface area contributed by atoms with Crippen LogP contribution in [0.1, 0.15) is 17.4 Å². The Morgan fingerprint density at radius 2 is 1.93 bits per heavy atom. The van der Waals surface area contributed by atoms with Crippen molar-refractivity contribution in [3.8, 4) is 11.4 Å². The quantitative estimate of drug-likeness (QED) is 0.557. The molecule has 28 heavy (non-hydrogen) atoms. The Balaban J connectivity index is 1.46. The first kappa shape index (κ1) is 17.0. The number of aliphatic hydroxyl groups is 1. The van der Waals surface area contributed by atoms with Gasteiger partial charge in [-0.1, -0.05) is 30.3 Å². The normalized spacial score (nSPS) is 15.4. The average Bonchev–Trinajstić information content (AvgIpc) is 3.30. The Kier molecular flexibility index (Phi) is 4.15. The van der Waals surface area contributed by atoms with Crippen molar-refractivity contribution in [2.75, 3.05) is 0 Å². The molecule has 0 bridgehead atoms. The number of benzene rings is 3. The van der Waals surface area contributed by atoms with Gasteiger partial charge in [-0.2, -0.15) is 0 Å². The van der Waals surface area contributed by atoms with Crippen LogP contribution in [0.15, 0.2) is 72.9 Å². The lowest BCUT2D eigenvalue weighted by Gasteiger charge is -2.11. The van der Waals surface area contributed by atoms with Crippen LogP contribution in [-0.2, 0) is 11.3 Å². The molecule has 5 rings (SSSR count). The van der Waals surface area contributed by atoms with Crippen LogP contribution in [0.2, 0.25) is 0 Å². The fourth-order valence-electron chi connectivity index (χ4n) is 3.47. The summed E-state index contributed by atoms with van der Waals surface area (Å²) >= 11 is 0. The highest BCUT2D eigenvalue weighted by Crippen LogP contribution is 2.28. The standard InChI is InChI=1S/C22H16BFNO3/c24-19-11-17-18(23-28-22(17)26)12-21(19)25-9-8-15-10-16(6-7-20(15)25)27-13-14-4-2-1-3-5-14/h1-12,22,26H,13H2. The van der Waals surface area contributed by atoms with Crippen molar-refractivity contribution in [3.63, 3.8) is 0 Å². The Labute approximate surface area is 162 Å². The highest BCUT2D eigenvalue weighted by atomic mass is 19.1. The fourth-order valence-corrected chi connectivity index (χ4v) is 3.47. The van der Waals surface area contributed by atoms with Crippen molar-refractivity contribution in [2.45, 2.75) is 12.9 Å². The topological polar surface area (TPSA) is 43.6 Å². The van der Waals surface area contributed by atoms with Crippen LogP contribution >= 0.6 is 0 Å². The van der Waals surface area contributed by atoms with Crippen molar-refractivity contribution in [2.24, 2.45) is 0 Å². The third kappa shape index (κ3) is 2.97. The monoisotopic (exact) mass is 372 g/mol. The maximum Gasteiger partial charge on any atom is 0.334 e. The number of hydrogen-bond donors (Lipinski definition) is 1. The molecule has 1 aliphatic heterocycles. The van der Waals surface area contributed by atoms with Crippen molar-refractivity contribution < 1.29 is 18.9 Å². The van der Waals surface area contributed by atoms with E-state index in [1.54, 1.807) is 10.6 Å². The van der Waals surface area contributed by atoms with E-state index in [1.807, 2.05) is 60.8 Å². The molecular weight excluding hydrogens is 356 g/mol. The lowest BCUT2D eigenvalue weighted by Crippen LogP contribution is -2.14. The molecule has 1 aromatic heterocycles. The minimum absolute atomic E-state index is 0.403. The van der Waals surface area contributed by atoms with E-state index in [4.69, 9.17) is 9.39 Å². The van der Waals surface area contributed by atoms with Gasteiger partial charge in [0.15, 0.2) is 6.29 Å². The molecule has 1 unspecified atom stereocenters. The third-order valence-corrected chi connectivity index (χ3v) is 4.91. The van der Waals surface area contributed by atoms with Gasteiger partial charge >= 0.3 is 7.48 Å². The van der Waals surface area contributed by atoms with E-state index in [2.05, 4.69) is 0 Å². The molecule has 1 N–H and O–H groups in total. The number of fused-ring (bicyclic) bond motifs is 2. The van der Waals surface area contributed by atoms with E-state index in [-0.39, 0.29) is 0 Å². The minimum atomic E-state index is -1.11. The highest BCUT2D eigenvalue weighted by Gasteiger charge is 2.25. The van der Waals surface area contributed by atoms with Crippen LogP contribution in [0.5, 0.6) is 5.75 Å². The van der Waals surface area contributed by atoms with Gasteiger partial charge in [-0.25, -0.2) is 4.39 Å². The Morgan fingerprint density at radius 1 is 1.07 bits per heavy atom. The zero-order valence-electron chi connectivity index (χ0n) is 14.9. The summed E-state index contributed by atoms with van der Waals surface area (Å²) in [6, 6.07) is 20.6. The van der Waals surface area contributed by atoms with E-state index in [9.17, 15) is 9.50 Å². The lowest BCUT2D eigenvalue weighted by atomic mass is 9.86. The maximum atomic E-state index is 14.7. The number of halogens is 1. The number of aromatic nitrogens is 1. The first-order valence-electron chi connectivity index (χ1n) is 8.97. The molecule has 0 aliphatic carbocycles. The summed E-state index contributed by atoms with van der Waals surface area (Å²) < 4.78 is 27.4. The number of aliphatic hydroxyl groups excluding tert-OH is 1. The lowest BCUT2D eigenvalue weighted by molar-refractivity contribution is -0.00812. The van der Waals surface area contributed by atoms with Gasteiger partial charge in [0.1, 0.15) is 18.2 Å². The molecule has 1 aliphatic rings. The Hall–Kier alpha value is -3.09. The summed E-state index contributed by atoms with van der Waals surface area (Å²) in [5.41, 5.74) is 3.48. The molecule has 1 radical (unpaired) electrons. The first-order valence-corrected chi connectivity index (χ1v) is 8.97. The van der Waals surface area contributed by atoms with Crippen molar-refractivity contribution in [3.05, 3.63) is 89.9 Å². The summed E-state index contributed by atoms with van der Waals surface area (Å²) in [7, 11) is 1.45. The van der Waals surface area contributed by atoms with Crippen LogP contribution in [0.25, 0.3) is 16.6 Å². The molecule has 0 saturated heterocycles. The number of hydrogen-bond acceptors (Lipinski definition) is 3. The van der Waals surface area contributed by atoms with Crippen LogP contribution in [0.3, 0.4) is 0 Å². The highest BCUT2D eigenvalue weighted by molar-refractivity contribution is 6.49. The van der Waals surface area contributed by atoms with Crippen LogP contribution < -0.4 is 10.2 Å². The molecule has 1 atom stereocenters. The SMILES string of the molecule is OC1O[B]c2cc(-n3ccc4cc(OCc5ccccc5)ccc43)c(F)cc21. The van der Waals surface area contributed by atoms with E-state index in [0.717, 1.165) is 22.2 Å². The average molecular weight is 372 g/mol. The molecule has 2 heterocycles. The van der Waals surface area contributed by atoms with Crippen LogP contribution in [0, 0.1) is 5.82 Å².